The van der Waals surface area contributed by atoms with E-state index in [1.54, 1.807) is 11.9 Å². The highest BCUT2D eigenvalue weighted by molar-refractivity contribution is 5.92. The van der Waals surface area contributed by atoms with Crippen molar-refractivity contribution in [3.05, 3.63) is 47.8 Å². The molecule has 1 aliphatic carbocycles. The van der Waals surface area contributed by atoms with Crippen molar-refractivity contribution in [1.82, 2.24) is 14.7 Å². The van der Waals surface area contributed by atoms with Gasteiger partial charge in [0.15, 0.2) is 5.69 Å². The molecule has 1 heterocycles. The Bertz CT molecular complexity index is 731. The molecule has 1 saturated carbocycles. The molecule has 25 heavy (non-hydrogen) atoms. The van der Waals surface area contributed by atoms with Gasteiger partial charge in [0.1, 0.15) is 0 Å². The number of para-hydroxylation sites is 1. The number of aliphatic hydroxyl groups is 1. The molecule has 5 nitrogen and oxygen atoms in total. The van der Waals surface area contributed by atoms with Crippen molar-refractivity contribution in [2.24, 2.45) is 0 Å². The molecule has 0 saturated heterocycles. The third kappa shape index (κ3) is 3.76. The first-order valence-corrected chi connectivity index (χ1v) is 9.03. The van der Waals surface area contributed by atoms with Crippen LogP contribution in [0.25, 0.3) is 5.69 Å². The fourth-order valence-corrected chi connectivity index (χ4v) is 3.59. The van der Waals surface area contributed by atoms with Crippen LogP contribution in [0.3, 0.4) is 0 Å². The van der Waals surface area contributed by atoms with Crippen molar-refractivity contribution in [3.63, 3.8) is 0 Å². The van der Waals surface area contributed by atoms with Gasteiger partial charge in [0.25, 0.3) is 5.91 Å². The third-order valence-corrected chi connectivity index (χ3v) is 4.96. The predicted molar refractivity (Wildman–Crippen MR) is 98.0 cm³/mol. The Kier molecular flexibility index (Phi) is 4.95. The predicted octanol–water partition coefficient (Wildman–Crippen LogP) is 3.37. The lowest BCUT2D eigenvalue weighted by Crippen LogP contribution is -2.42. The standard InChI is InChI=1S/C20H27N3O2/c1-15(2)18-13-17(21-23(18)16-9-5-4-6-10-16)19(24)22(3)14-20(25)11-7-8-12-20/h4-6,9-10,13,15,25H,7-8,11-12,14H2,1-3H3. The van der Waals surface area contributed by atoms with Crippen molar-refractivity contribution in [3.8, 4) is 5.69 Å². The van der Waals surface area contributed by atoms with Crippen molar-refractivity contribution < 1.29 is 9.90 Å². The first-order chi connectivity index (χ1) is 11.9. The summed E-state index contributed by atoms with van der Waals surface area (Å²) in [5, 5.41) is 15.1. The number of nitrogens with zero attached hydrogens (tertiary/aromatic N) is 3. The number of hydrogen-bond donors (Lipinski definition) is 1. The van der Waals surface area contributed by atoms with Crippen LogP contribution in [-0.4, -0.2) is 44.9 Å². The normalized spacial score (nSPS) is 16.4. The van der Waals surface area contributed by atoms with Crippen molar-refractivity contribution in [2.45, 2.75) is 51.0 Å². The molecule has 1 amide bonds. The van der Waals surface area contributed by atoms with Gasteiger partial charge in [-0.25, -0.2) is 4.68 Å². The van der Waals surface area contributed by atoms with Crippen LogP contribution in [0.15, 0.2) is 36.4 Å². The van der Waals surface area contributed by atoms with E-state index in [1.807, 2.05) is 41.1 Å². The van der Waals surface area contributed by atoms with Gasteiger partial charge in [-0.15, -0.1) is 0 Å². The molecule has 0 bridgehead atoms. The van der Waals surface area contributed by atoms with Gasteiger partial charge in [0, 0.05) is 19.3 Å². The van der Waals surface area contributed by atoms with E-state index in [4.69, 9.17) is 0 Å². The number of carbonyl (C=O) groups excluding carboxylic acids is 1. The molecular formula is C20H27N3O2. The zero-order valence-corrected chi connectivity index (χ0v) is 15.3. The lowest BCUT2D eigenvalue weighted by atomic mass is 10.0. The quantitative estimate of drug-likeness (QED) is 0.907. The van der Waals surface area contributed by atoms with Gasteiger partial charge >= 0.3 is 0 Å². The molecule has 1 aromatic heterocycles. The number of rotatable bonds is 5. The van der Waals surface area contributed by atoms with Crippen LogP contribution < -0.4 is 0 Å². The van der Waals surface area contributed by atoms with E-state index < -0.39 is 5.60 Å². The second kappa shape index (κ2) is 7.00. The van der Waals surface area contributed by atoms with E-state index in [0.717, 1.165) is 37.1 Å². The zero-order chi connectivity index (χ0) is 18.0. The van der Waals surface area contributed by atoms with Crippen LogP contribution in [0.2, 0.25) is 0 Å². The van der Waals surface area contributed by atoms with Crippen LogP contribution in [-0.2, 0) is 0 Å². The minimum Gasteiger partial charge on any atom is -0.388 e. The number of carbonyl (C=O) groups is 1. The van der Waals surface area contributed by atoms with Gasteiger partial charge in [-0.05, 0) is 37.0 Å². The first-order valence-electron chi connectivity index (χ1n) is 9.03. The molecule has 1 N–H and O–H groups in total. The van der Waals surface area contributed by atoms with E-state index in [2.05, 4.69) is 18.9 Å². The summed E-state index contributed by atoms with van der Waals surface area (Å²) >= 11 is 0. The van der Waals surface area contributed by atoms with Gasteiger partial charge in [0.05, 0.1) is 11.3 Å². The van der Waals surface area contributed by atoms with Gasteiger partial charge in [0.2, 0.25) is 0 Å². The number of amides is 1. The second-order valence-electron chi connectivity index (χ2n) is 7.45. The molecule has 0 aliphatic heterocycles. The summed E-state index contributed by atoms with van der Waals surface area (Å²) < 4.78 is 1.84. The largest absolute Gasteiger partial charge is 0.388 e. The summed E-state index contributed by atoms with van der Waals surface area (Å²) in [5.74, 6) is 0.107. The number of hydrogen-bond acceptors (Lipinski definition) is 3. The lowest BCUT2D eigenvalue weighted by molar-refractivity contribution is 0.0154. The first kappa shape index (κ1) is 17.7. The molecular weight excluding hydrogens is 314 g/mol. The van der Waals surface area contributed by atoms with Crippen LogP contribution in [0.1, 0.15) is 61.6 Å². The maximum absolute atomic E-state index is 12.8. The minimum atomic E-state index is -0.743. The van der Waals surface area contributed by atoms with Gasteiger partial charge in [-0.1, -0.05) is 44.9 Å². The summed E-state index contributed by atoms with van der Waals surface area (Å²) in [7, 11) is 1.75. The molecule has 0 radical (unpaired) electrons. The van der Waals surface area contributed by atoms with E-state index in [-0.39, 0.29) is 11.8 Å². The molecule has 134 valence electrons. The van der Waals surface area contributed by atoms with E-state index in [9.17, 15) is 9.90 Å². The van der Waals surface area contributed by atoms with E-state index in [1.165, 1.54) is 0 Å². The average molecular weight is 341 g/mol. The van der Waals surface area contributed by atoms with Crippen molar-refractivity contribution in [1.29, 1.82) is 0 Å². The summed E-state index contributed by atoms with van der Waals surface area (Å²) in [5.41, 5.74) is 1.63. The Labute approximate surface area is 149 Å². The summed E-state index contributed by atoms with van der Waals surface area (Å²) in [4.78, 5) is 14.4. The monoisotopic (exact) mass is 341 g/mol. The van der Waals surface area contributed by atoms with E-state index in [0.29, 0.717) is 12.2 Å². The van der Waals surface area contributed by atoms with Crippen LogP contribution in [0.5, 0.6) is 0 Å². The highest BCUT2D eigenvalue weighted by Crippen LogP contribution is 2.30. The Morgan fingerprint density at radius 3 is 2.52 bits per heavy atom. The molecule has 1 fully saturated rings. The molecule has 1 aliphatic rings. The Morgan fingerprint density at radius 2 is 1.92 bits per heavy atom. The molecule has 3 rings (SSSR count). The number of likely N-dealkylation sites (N-methyl/N-ethyl adjacent to an activating group) is 1. The second-order valence-corrected chi connectivity index (χ2v) is 7.45. The zero-order valence-electron chi connectivity index (χ0n) is 15.3. The van der Waals surface area contributed by atoms with Crippen LogP contribution >= 0.6 is 0 Å². The molecule has 1 aromatic carbocycles. The summed E-state index contributed by atoms with van der Waals surface area (Å²) in [6, 6.07) is 11.7. The minimum absolute atomic E-state index is 0.142. The van der Waals surface area contributed by atoms with Gasteiger partial charge in [-0.2, -0.15) is 5.10 Å². The van der Waals surface area contributed by atoms with Crippen LogP contribution in [0.4, 0.5) is 0 Å². The molecule has 2 aromatic rings. The Morgan fingerprint density at radius 1 is 1.28 bits per heavy atom. The Hall–Kier alpha value is -2.14. The molecule has 0 spiro atoms. The van der Waals surface area contributed by atoms with Crippen molar-refractivity contribution >= 4 is 5.91 Å². The molecule has 5 heteroatoms. The summed E-state index contributed by atoms with van der Waals surface area (Å²) in [6.45, 7) is 4.55. The fraction of sp³-hybridized carbons (Fsp3) is 0.500. The Balaban J connectivity index is 1.85. The highest BCUT2D eigenvalue weighted by atomic mass is 16.3. The smallest absolute Gasteiger partial charge is 0.274 e. The lowest BCUT2D eigenvalue weighted by Gasteiger charge is -2.28. The average Bonchev–Trinajstić information content (AvgIpc) is 3.21. The van der Waals surface area contributed by atoms with E-state index >= 15 is 0 Å². The summed E-state index contributed by atoms with van der Waals surface area (Å²) in [6.07, 6.45) is 3.58. The van der Waals surface area contributed by atoms with Gasteiger partial charge in [-0.3, -0.25) is 4.79 Å². The fourth-order valence-electron chi connectivity index (χ4n) is 3.59. The number of aromatic nitrogens is 2. The highest BCUT2D eigenvalue weighted by Gasteiger charge is 2.34. The molecule has 0 atom stereocenters. The van der Waals surface area contributed by atoms with Crippen molar-refractivity contribution in [2.75, 3.05) is 13.6 Å². The molecule has 0 unspecified atom stereocenters. The topological polar surface area (TPSA) is 58.4 Å². The SMILES string of the molecule is CC(C)c1cc(C(=O)N(C)CC2(O)CCCC2)nn1-c1ccccc1. The maximum Gasteiger partial charge on any atom is 0.274 e. The third-order valence-electron chi connectivity index (χ3n) is 4.96. The van der Waals surface area contributed by atoms with Crippen LogP contribution in [0, 0.1) is 0 Å². The van der Waals surface area contributed by atoms with Gasteiger partial charge < -0.3 is 10.0 Å². The number of benzene rings is 1. The maximum atomic E-state index is 12.8.